The topological polar surface area (TPSA) is 166 Å². The van der Waals surface area contributed by atoms with E-state index in [1.165, 1.54) is 116 Å². The lowest BCUT2D eigenvalue weighted by atomic mass is 9.44. The third-order valence-corrected chi connectivity index (χ3v) is 45.6. The van der Waals surface area contributed by atoms with Crippen molar-refractivity contribution >= 4 is 34.0 Å². The molecule has 0 amide bonds. The summed E-state index contributed by atoms with van der Waals surface area (Å²) in [5, 5.41) is 15.3. The highest BCUT2D eigenvalue weighted by molar-refractivity contribution is 6.74. The Kier molecular flexibility index (Phi) is 36.4. The molecule has 0 aliphatic heterocycles. The Hall–Kier alpha value is -1.75. The molecule has 0 unspecified atom stereocenters. The number of aliphatic hydroxyl groups is 1. The Morgan fingerprint density at radius 3 is 1.10 bits per heavy atom. The Balaban J connectivity index is 0.000000233. The van der Waals surface area contributed by atoms with Gasteiger partial charge in [-0.3, -0.25) is 14.4 Å². The molecule has 9 aliphatic carbocycles. The van der Waals surface area contributed by atoms with Gasteiger partial charge in [-0.05, 0) is 252 Å². The van der Waals surface area contributed by atoms with Crippen molar-refractivity contribution in [3.05, 3.63) is 22.6 Å². The van der Waals surface area contributed by atoms with E-state index in [1.807, 2.05) is 21.3 Å². The van der Waals surface area contributed by atoms with Gasteiger partial charge in [-0.25, -0.2) is 0 Å². The van der Waals surface area contributed by atoms with Gasteiger partial charge in [0.25, 0.3) is 0 Å². The van der Waals surface area contributed by atoms with E-state index in [0.29, 0.717) is 59.4 Å². The van der Waals surface area contributed by atoms with Gasteiger partial charge < -0.3 is 28.2 Å². The molecule has 1 N–H and O–H groups in total. The molecule has 9 aliphatic rings. The van der Waals surface area contributed by atoms with Crippen molar-refractivity contribution in [3.63, 3.8) is 0 Å². The second kappa shape index (κ2) is 42.0. The molecule has 0 radical (unpaired) electrons. The molecule has 24 atom stereocenters. The van der Waals surface area contributed by atoms with Gasteiger partial charge in [0, 0.05) is 50.5 Å². The summed E-state index contributed by atoms with van der Waals surface area (Å²) in [5.41, 5.74) is 7.39. The number of hydrogen-bond acceptors (Lipinski definition) is 10. The molecule has 14 heteroatoms. The minimum absolute atomic E-state index is 0.00784. The van der Waals surface area contributed by atoms with E-state index < -0.39 is 33.6 Å². The van der Waals surface area contributed by atoms with Crippen molar-refractivity contribution in [2.24, 2.45) is 107 Å². The molecule has 0 aromatic carbocycles. The highest BCUT2D eigenvalue weighted by atomic mass is 28.4. The van der Waals surface area contributed by atoms with Crippen molar-refractivity contribution in [2.75, 3.05) is 27.9 Å². The number of Topliss-reactive ketones (excluding diaryl/α,β-unsaturated/α-hetero) is 3. The number of carbonyl (C=O) groups is 3. The molecule has 9 saturated carbocycles. The van der Waals surface area contributed by atoms with E-state index in [1.54, 1.807) is 0 Å². The lowest BCUT2D eigenvalue weighted by molar-refractivity contribution is -0.180. The first-order chi connectivity index (χ1) is 52.7. The SMILES string of the molecule is CCCCCCCCCC[C@]1(C)C(=O)[C@H](C)[C@@]23CC[C@@H](C)[C@@](C)(C[C@@H]1O)[C@@H]2[C@H](OC)CC3.CCCCCCCCCC[C@]1(C)C(=O)[C@H](C)[C@@]23CC[C@@H](C)[C@@](C)(C[C@@H]1O[Si](CC)(CC)CC)[C@@H]2[C@H](OC)CC3.CC[Si](CC)(CC)O[C@H]1C[C@]2(C)[C@H](C)CC[C@]3(CC[C@@H](OC)[C@@H]23)[C@@H](C)C(=O)[C@@]1(C)C/C=C/CCCCCN=[N+]=[N-]. The number of ketones is 3. The van der Waals surface area contributed by atoms with Crippen LogP contribution in [0.5, 0.6) is 0 Å². The van der Waals surface area contributed by atoms with Gasteiger partial charge >= 0.3 is 0 Å². The molecule has 9 fully saturated rings. The Labute approximate surface area is 685 Å². The van der Waals surface area contributed by atoms with E-state index >= 15 is 0 Å². The maximum absolute atomic E-state index is 14.9. The predicted molar refractivity (Wildman–Crippen MR) is 469 cm³/mol. The lowest BCUT2D eigenvalue weighted by Crippen LogP contribution is -2.62. The summed E-state index contributed by atoms with van der Waals surface area (Å²) in [6.45, 7) is 47.4. The predicted octanol–water partition coefficient (Wildman–Crippen LogP) is 27.4. The molecule has 6 bridgehead atoms. The molecule has 111 heavy (non-hydrogen) atoms. The van der Waals surface area contributed by atoms with Gasteiger partial charge in [-0.1, -0.05) is 258 Å². The fourth-order valence-corrected chi connectivity index (χ4v) is 33.3. The van der Waals surface area contributed by atoms with Gasteiger partial charge in [-0.2, -0.15) is 0 Å². The number of azide groups is 1. The van der Waals surface area contributed by atoms with Crippen LogP contribution < -0.4 is 0 Å². The number of ether oxygens (including phenoxy) is 3. The maximum Gasteiger partial charge on any atom is 0.192 e. The van der Waals surface area contributed by atoms with Crippen molar-refractivity contribution < 1.29 is 42.6 Å². The minimum Gasteiger partial charge on any atom is -0.413 e. The average Bonchev–Trinajstić information content (AvgIpc) is 1.65. The molecular weight excluding hydrogens is 1410 g/mol. The highest BCUT2D eigenvalue weighted by Gasteiger charge is 2.71. The first kappa shape index (κ1) is 96.4. The van der Waals surface area contributed by atoms with Crippen molar-refractivity contribution in [2.45, 2.75) is 455 Å². The second-order valence-corrected chi connectivity index (χ2v) is 50.6. The van der Waals surface area contributed by atoms with Crippen molar-refractivity contribution in [1.29, 1.82) is 0 Å². The van der Waals surface area contributed by atoms with Gasteiger partial charge in [0.2, 0.25) is 0 Å². The van der Waals surface area contributed by atoms with E-state index in [0.717, 1.165) is 165 Å². The fraction of sp³-hybridized carbons (Fsp3) is 0.948. The average molecular weight is 1590 g/mol. The van der Waals surface area contributed by atoms with E-state index in [9.17, 15) is 19.5 Å². The van der Waals surface area contributed by atoms with Crippen molar-refractivity contribution in [1.82, 2.24) is 0 Å². The third-order valence-electron chi connectivity index (χ3n) is 36.3. The smallest absolute Gasteiger partial charge is 0.192 e. The van der Waals surface area contributed by atoms with Crippen LogP contribution in [0.1, 0.15) is 382 Å². The van der Waals surface area contributed by atoms with Crippen molar-refractivity contribution in [3.8, 4) is 0 Å². The molecule has 9 rings (SSSR count). The van der Waals surface area contributed by atoms with Crippen LogP contribution in [0.3, 0.4) is 0 Å². The summed E-state index contributed by atoms with van der Waals surface area (Å²) in [4.78, 5) is 46.7. The summed E-state index contributed by atoms with van der Waals surface area (Å²) in [7, 11) is 1.80. The molecule has 642 valence electrons. The standard InChI is InChI=1S/C35H66O3Si.C33H59N3O3Si.C29H52O3/c1-10-14-15-16-17-18-19-20-23-33(7)30(38-39(11-2,12-3)13-4)26-34(8)27(5)21-24-35(28(6)32(33)36)25-22-29(37-9)31(34)35;1-9-40(10-2,11-3)39-28-24-32(7)25(4)18-21-33(22-19-27(38-8)29(32)33)26(5)30(37)31(28,6)20-16-14-12-13-15-17-23-35-36-34;1-7-8-9-10-11-12-13-14-17-27(4)24(30)20-28(5)21(2)15-18-29(22(3)26(27)31)19-16-23(32-6)25(28)29/h27-31H,10-26H2,1-9H3;14,16,25-29H,9-13,15,17-24H2,1-8H3;21-25,30H,7-20H2,1-6H3/b;16-14+;/t27-,28+,29-,30+,31+,33+,34-,35+;25-,26+,27-,28+,29+,31+,32-,33+;21-,22+,23-,24+,25+,27+,28-,29+/m111/s1. The second-order valence-electron chi connectivity index (χ2n) is 41.2. The van der Waals surface area contributed by atoms with E-state index in [4.69, 9.17) is 28.6 Å². The summed E-state index contributed by atoms with van der Waals surface area (Å²) in [6, 6.07) is 6.74. The monoisotopic (exact) mass is 1580 g/mol. The molecule has 0 aromatic heterocycles. The highest BCUT2D eigenvalue weighted by Crippen LogP contribution is 2.73. The minimum atomic E-state index is -1.96. The van der Waals surface area contributed by atoms with E-state index in [-0.39, 0.29) is 86.2 Å². The Morgan fingerprint density at radius 2 is 0.739 bits per heavy atom. The summed E-state index contributed by atoms with van der Waals surface area (Å²) >= 11 is 0. The van der Waals surface area contributed by atoms with Crippen LogP contribution in [0, 0.1) is 102 Å². The zero-order chi connectivity index (χ0) is 82.1. The van der Waals surface area contributed by atoms with Crippen LogP contribution in [0.15, 0.2) is 17.3 Å². The normalized spacial score (nSPS) is 40.1. The molecular formula is C97H177N3O9Si2. The quantitative estimate of drug-likeness (QED) is 0.0157. The molecule has 0 heterocycles. The Morgan fingerprint density at radius 1 is 0.423 bits per heavy atom. The van der Waals surface area contributed by atoms with E-state index in [2.05, 4.69) is 161 Å². The molecule has 0 saturated heterocycles. The number of hydrogen-bond donors (Lipinski definition) is 1. The lowest BCUT2D eigenvalue weighted by Gasteiger charge is -2.62. The van der Waals surface area contributed by atoms with Crippen LogP contribution in [-0.2, 0) is 37.4 Å². The van der Waals surface area contributed by atoms with Gasteiger partial charge in [-0.15, -0.1) is 0 Å². The number of rotatable bonds is 39. The summed E-state index contributed by atoms with van der Waals surface area (Å²) in [5.74, 6) is 4.41. The summed E-state index contributed by atoms with van der Waals surface area (Å²) < 4.78 is 33.4. The number of carbonyl (C=O) groups excluding carboxylic acids is 3. The molecule has 0 spiro atoms. The number of nitrogens with zero attached hydrogens (tertiary/aromatic N) is 3. The van der Waals surface area contributed by atoms with Crippen LogP contribution in [0.2, 0.25) is 36.3 Å². The Bertz CT molecular complexity index is 2940. The zero-order valence-electron chi connectivity index (χ0n) is 76.7. The van der Waals surface area contributed by atoms with Gasteiger partial charge in [0.05, 0.1) is 52.9 Å². The first-order valence-electron chi connectivity index (χ1n) is 47.7. The van der Waals surface area contributed by atoms with Crippen LogP contribution in [0.4, 0.5) is 0 Å². The van der Waals surface area contributed by atoms with Crippen LogP contribution in [0.25, 0.3) is 10.4 Å². The van der Waals surface area contributed by atoms with Crippen LogP contribution in [-0.4, -0.2) is 104 Å². The van der Waals surface area contributed by atoms with Gasteiger partial charge in [0.1, 0.15) is 17.3 Å². The largest absolute Gasteiger partial charge is 0.413 e. The number of unbranched alkanes of at least 4 members (excludes halogenated alkanes) is 17. The first-order valence-corrected chi connectivity index (χ1v) is 52.7. The molecule has 12 nitrogen and oxygen atoms in total. The molecule has 0 aromatic rings. The summed E-state index contributed by atoms with van der Waals surface area (Å²) in [6.07, 6.45) is 48.4. The fourth-order valence-electron chi connectivity index (χ4n) is 27.4. The third kappa shape index (κ3) is 19.7. The number of methoxy groups -OCH3 is 3. The van der Waals surface area contributed by atoms with Crippen LogP contribution >= 0.6 is 0 Å². The number of allylic oxidation sites excluding steroid dienone is 2. The van der Waals surface area contributed by atoms with Gasteiger partial charge in [0.15, 0.2) is 16.6 Å². The number of aliphatic hydroxyl groups excluding tert-OH is 1. The zero-order valence-corrected chi connectivity index (χ0v) is 78.7. The maximum atomic E-state index is 14.9.